The van der Waals surface area contributed by atoms with Gasteiger partial charge in [-0.2, -0.15) is 0 Å². The van der Waals surface area contributed by atoms with Crippen molar-refractivity contribution in [1.29, 1.82) is 0 Å². The smallest absolute Gasteiger partial charge is 0.190 e. The molecular weight excluding hydrogens is 368 g/mol. The maximum Gasteiger partial charge on any atom is 0.190 e. The number of thiazole rings is 1. The number of rotatable bonds is 3. The van der Waals surface area contributed by atoms with Gasteiger partial charge in [0, 0.05) is 21.5 Å². The maximum absolute atomic E-state index is 4.90. The van der Waals surface area contributed by atoms with Crippen LogP contribution in [0, 0.1) is 6.92 Å². The molecule has 3 aromatic rings. The molecule has 0 atom stereocenters. The topological polar surface area (TPSA) is 17.3 Å². The molecule has 0 aliphatic heterocycles. The van der Waals surface area contributed by atoms with Crippen molar-refractivity contribution in [2.24, 2.45) is 4.99 Å². The van der Waals surface area contributed by atoms with Gasteiger partial charge in [0.25, 0.3) is 0 Å². The predicted molar refractivity (Wildman–Crippen MR) is 100 cm³/mol. The fourth-order valence-corrected chi connectivity index (χ4v) is 4.14. The van der Waals surface area contributed by atoms with E-state index in [2.05, 4.69) is 81.3 Å². The average Bonchev–Trinajstić information content (AvgIpc) is 3.28. The Bertz CT molecular complexity index is 919. The van der Waals surface area contributed by atoms with Crippen LogP contribution in [-0.4, -0.2) is 4.57 Å². The Morgan fingerprint density at radius 2 is 1.96 bits per heavy atom. The summed E-state index contributed by atoms with van der Waals surface area (Å²) in [5, 5.41) is 2.23. The van der Waals surface area contributed by atoms with Crippen molar-refractivity contribution in [3.63, 3.8) is 0 Å². The second-order valence-electron chi connectivity index (χ2n) is 5.97. The van der Waals surface area contributed by atoms with Gasteiger partial charge < -0.3 is 4.57 Å². The SMILES string of the molecule is Cc1cccc(N=c2scc(-c3cccc(Br)c3)n2C2CC2)c1. The summed E-state index contributed by atoms with van der Waals surface area (Å²) < 4.78 is 3.52. The van der Waals surface area contributed by atoms with Crippen LogP contribution in [0.4, 0.5) is 5.69 Å². The monoisotopic (exact) mass is 384 g/mol. The molecule has 0 spiro atoms. The lowest BCUT2D eigenvalue weighted by molar-refractivity contribution is 0.725. The molecule has 4 rings (SSSR count). The van der Waals surface area contributed by atoms with Crippen molar-refractivity contribution in [3.05, 3.63) is 68.7 Å². The number of halogens is 1. The molecular formula is C19H17BrN2S. The summed E-state index contributed by atoms with van der Waals surface area (Å²) >= 11 is 5.30. The lowest BCUT2D eigenvalue weighted by Crippen LogP contribution is -2.14. The molecule has 1 fully saturated rings. The number of aryl methyl sites for hydroxylation is 1. The van der Waals surface area contributed by atoms with Gasteiger partial charge in [-0.25, -0.2) is 4.99 Å². The first-order chi connectivity index (χ1) is 11.2. The molecule has 0 N–H and O–H groups in total. The van der Waals surface area contributed by atoms with Crippen LogP contribution in [0.5, 0.6) is 0 Å². The van der Waals surface area contributed by atoms with Crippen molar-refractivity contribution in [3.8, 4) is 11.3 Å². The van der Waals surface area contributed by atoms with E-state index in [1.54, 1.807) is 11.3 Å². The summed E-state index contributed by atoms with van der Waals surface area (Å²) in [6.45, 7) is 2.11. The standard InChI is InChI=1S/C19H17BrN2S/c1-13-4-2-7-16(10-13)21-19-22(17-8-9-17)18(12-23-19)14-5-3-6-15(20)11-14/h2-7,10-12,17H,8-9H2,1H3. The highest BCUT2D eigenvalue weighted by Crippen LogP contribution is 2.38. The Hall–Kier alpha value is -1.65. The number of aromatic nitrogens is 1. The van der Waals surface area contributed by atoms with E-state index in [0.29, 0.717) is 6.04 Å². The molecule has 116 valence electrons. The molecule has 1 heterocycles. The van der Waals surface area contributed by atoms with E-state index in [4.69, 9.17) is 4.99 Å². The first-order valence-electron chi connectivity index (χ1n) is 7.78. The molecule has 0 bridgehead atoms. The van der Waals surface area contributed by atoms with Gasteiger partial charge in [-0.15, -0.1) is 11.3 Å². The molecule has 0 unspecified atom stereocenters. The molecule has 0 saturated heterocycles. The summed E-state index contributed by atoms with van der Waals surface area (Å²) in [4.78, 5) is 5.99. The number of hydrogen-bond donors (Lipinski definition) is 0. The van der Waals surface area contributed by atoms with Crippen LogP contribution in [-0.2, 0) is 0 Å². The van der Waals surface area contributed by atoms with Crippen LogP contribution >= 0.6 is 27.3 Å². The van der Waals surface area contributed by atoms with Gasteiger partial charge >= 0.3 is 0 Å². The molecule has 4 heteroatoms. The summed E-state index contributed by atoms with van der Waals surface area (Å²) in [7, 11) is 0. The normalized spacial score (nSPS) is 15.1. The number of nitrogens with zero attached hydrogens (tertiary/aromatic N) is 2. The van der Waals surface area contributed by atoms with Gasteiger partial charge in [-0.3, -0.25) is 0 Å². The summed E-state index contributed by atoms with van der Waals surface area (Å²) in [6.07, 6.45) is 2.50. The first kappa shape index (κ1) is 14.9. The zero-order chi connectivity index (χ0) is 15.8. The zero-order valence-corrected chi connectivity index (χ0v) is 15.3. The van der Waals surface area contributed by atoms with Gasteiger partial charge in [0.2, 0.25) is 0 Å². The molecule has 1 saturated carbocycles. The van der Waals surface area contributed by atoms with Crippen LogP contribution in [0.2, 0.25) is 0 Å². The molecule has 0 amide bonds. The van der Waals surface area contributed by atoms with Gasteiger partial charge in [-0.05, 0) is 49.6 Å². The van der Waals surface area contributed by atoms with E-state index in [1.807, 2.05) is 0 Å². The molecule has 23 heavy (non-hydrogen) atoms. The molecule has 1 aliphatic carbocycles. The van der Waals surface area contributed by atoms with Crippen molar-refractivity contribution in [2.45, 2.75) is 25.8 Å². The third-order valence-corrected chi connectivity index (χ3v) is 5.33. The predicted octanol–water partition coefficient (Wildman–Crippen LogP) is 5.85. The van der Waals surface area contributed by atoms with Crippen LogP contribution in [0.1, 0.15) is 24.4 Å². The van der Waals surface area contributed by atoms with E-state index in [0.717, 1.165) is 15.0 Å². The fourth-order valence-electron chi connectivity index (χ4n) is 2.75. The second-order valence-corrected chi connectivity index (χ2v) is 7.72. The highest BCUT2D eigenvalue weighted by atomic mass is 79.9. The lowest BCUT2D eigenvalue weighted by Gasteiger charge is -2.08. The summed E-state index contributed by atoms with van der Waals surface area (Å²) in [5.41, 5.74) is 4.79. The van der Waals surface area contributed by atoms with E-state index < -0.39 is 0 Å². The second kappa shape index (κ2) is 6.10. The maximum atomic E-state index is 4.90. The minimum Gasteiger partial charge on any atom is -0.313 e. The van der Waals surface area contributed by atoms with Crippen molar-refractivity contribution >= 4 is 33.0 Å². The minimum absolute atomic E-state index is 0.596. The Morgan fingerprint density at radius 1 is 1.13 bits per heavy atom. The van der Waals surface area contributed by atoms with E-state index in [9.17, 15) is 0 Å². The third-order valence-electron chi connectivity index (χ3n) is 4.00. The Labute approximate surface area is 148 Å². The van der Waals surface area contributed by atoms with Crippen molar-refractivity contribution in [2.75, 3.05) is 0 Å². The van der Waals surface area contributed by atoms with E-state index in [-0.39, 0.29) is 0 Å². The van der Waals surface area contributed by atoms with Crippen LogP contribution in [0.15, 0.2) is 63.4 Å². The molecule has 1 aromatic heterocycles. The van der Waals surface area contributed by atoms with E-state index >= 15 is 0 Å². The summed E-state index contributed by atoms with van der Waals surface area (Å²) in [5.74, 6) is 0. The largest absolute Gasteiger partial charge is 0.313 e. The fraction of sp³-hybridized carbons (Fsp3) is 0.211. The highest BCUT2D eigenvalue weighted by molar-refractivity contribution is 9.10. The highest BCUT2D eigenvalue weighted by Gasteiger charge is 2.27. The van der Waals surface area contributed by atoms with Crippen LogP contribution < -0.4 is 4.80 Å². The quantitative estimate of drug-likeness (QED) is 0.538. The van der Waals surface area contributed by atoms with Crippen molar-refractivity contribution < 1.29 is 0 Å². The molecule has 2 aromatic carbocycles. The minimum atomic E-state index is 0.596. The molecule has 2 nitrogen and oxygen atoms in total. The Balaban J connectivity index is 1.86. The van der Waals surface area contributed by atoms with Gasteiger partial charge in [0.15, 0.2) is 4.80 Å². The third kappa shape index (κ3) is 3.19. The molecule has 1 aliphatic rings. The average molecular weight is 385 g/mol. The molecule has 0 radical (unpaired) electrons. The lowest BCUT2D eigenvalue weighted by atomic mass is 10.2. The van der Waals surface area contributed by atoms with Crippen molar-refractivity contribution in [1.82, 2.24) is 4.57 Å². The first-order valence-corrected chi connectivity index (χ1v) is 9.45. The van der Waals surface area contributed by atoms with Crippen LogP contribution in [0.25, 0.3) is 11.3 Å². The summed E-state index contributed by atoms with van der Waals surface area (Å²) in [6, 6.07) is 17.5. The number of benzene rings is 2. The van der Waals surface area contributed by atoms with E-state index in [1.165, 1.54) is 29.7 Å². The Morgan fingerprint density at radius 3 is 2.70 bits per heavy atom. The van der Waals surface area contributed by atoms with Gasteiger partial charge in [0.05, 0.1) is 11.4 Å². The number of hydrogen-bond acceptors (Lipinski definition) is 2. The van der Waals surface area contributed by atoms with Gasteiger partial charge in [-0.1, -0.05) is 40.2 Å². The van der Waals surface area contributed by atoms with Crippen LogP contribution in [0.3, 0.4) is 0 Å². The Kier molecular flexibility index (Phi) is 3.95. The zero-order valence-electron chi connectivity index (χ0n) is 12.9. The van der Waals surface area contributed by atoms with Gasteiger partial charge in [0.1, 0.15) is 0 Å².